The van der Waals surface area contributed by atoms with Crippen LogP contribution in [0.3, 0.4) is 0 Å². The van der Waals surface area contributed by atoms with Crippen molar-refractivity contribution in [1.29, 1.82) is 0 Å². The van der Waals surface area contributed by atoms with Crippen LogP contribution >= 0.6 is 0 Å². The summed E-state index contributed by atoms with van der Waals surface area (Å²) in [5, 5.41) is 3.34. The molecule has 9 heteroatoms. The maximum atomic E-state index is 12.6. The summed E-state index contributed by atoms with van der Waals surface area (Å²) < 4.78 is 58.6. The highest BCUT2D eigenvalue weighted by Crippen LogP contribution is 2.30. The summed E-state index contributed by atoms with van der Waals surface area (Å²) in [6.07, 6.45) is -1.88. The first-order valence-corrected chi connectivity index (χ1v) is 8.95. The second-order valence-corrected chi connectivity index (χ2v) is 7.85. The molecule has 1 fully saturated rings. The molecule has 1 saturated heterocycles. The van der Waals surface area contributed by atoms with Crippen molar-refractivity contribution in [2.45, 2.75) is 25.4 Å². The maximum Gasteiger partial charge on any atom is 0.471 e. The van der Waals surface area contributed by atoms with Crippen molar-refractivity contribution in [2.24, 2.45) is 4.36 Å². The molecule has 3 rings (SSSR count). The van der Waals surface area contributed by atoms with E-state index in [0.29, 0.717) is 22.8 Å². The zero-order valence-electron chi connectivity index (χ0n) is 12.0. The molecule has 0 saturated carbocycles. The largest absolute Gasteiger partial charge is 0.471 e. The first-order valence-electron chi connectivity index (χ1n) is 7.10. The first kappa shape index (κ1) is 16.0. The van der Waals surface area contributed by atoms with Crippen LogP contribution in [0.1, 0.15) is 25.2 Å². The molecule has 1 aliphatic heterocycles. The molecule has 23 heavy (non-hydrogen) atoms. The maximum absolute atomic E-state index is 12.6. The molecule has 5 nitrogen and oxygen atoms in total. The van der Waals surface area contributed by atoms with E-state index in [-0.39, 0.29) is 5.82 Å². The fourth-order valence-electron chi connectivity index (χ4n) is 2.38. The lowest BCUT2D eigenvalue weighted by molar-refractivity contribution is -0.159. The monoisotopic (exact) mass is 345 g/mol. The molecule has 0 atom stereocenters. The predicted octanol–water partition coefficient (Wildman–Crippen LogP) is 4.04. The highest BCUT2D eigenvalue weighted by Gasteiger charge is 2.38. The topological polar surface area (TPSA) is 68.3 Å². The molecule has 0 unspecified atom stereocenters. The van der Waals surface area contributed by atoms with Gasteiger partial charge in [-0.3, -0.25) is 0 Å². The Balaban J connectivity index is 1.93. The number of benzene rings is 1. The standard InChI is InChI=1S/C14H14F3N3O2S/c15-14(16,17)13-18-12(19-22-13)10-5-4-6-11(9-10)20-23(21)7-2-1-3-8-23/h4-6,9H,1-3,7-8H2. The van der Waals surface area contributed by atoms with Gasteiger partial charge in [0.2, 0.25) is 5.82 Å². The molecular weight excluding hydrogens is 331 g/mol. The summed E-state index contributed by atoms with van der Waals surface area (Å²) in [7, 11) is -2.28. The third kappa shape index (κ3) is 3.72. The quantitative estimate of drug-likeness (QED) is 0.824. The van der Waals surface area contributed by atoms with Crippen molar-refractivity contribution in [3.63, 3.8) is 0 Å². The van der Waals surface area contributed by atoms with E-state index < -0.39 is 21.8 Å². The lowest BCUT2D eigenvalue weighted by Crippen LogP contribution is -2.15. The number of halogens is 3. The molecule has 0 bridgehead atoms. The number of aromatic nitrogens is 2. The van der Waals surface area contributed by atoms with Gasteiger partial charge in [0.1, 0.15) is 0 Å². The van der Waals surface area contributed by atoms with Gasteiger partial charge in [0, 0.05) is 17.1 Å². The Morgan fingerprint density at radius 2 is 1.91 bits per heavy atom. The third-order valence-electron chi connectivity index (χ3n) is 3.47. The van der Waals surface area contributed by atoms with Crippen LogP contribution in [0.5, 0.6) is 0 Å². The molecule has 0 N–H and O–H groups in total. The lowest BCUT2D eigenvalue weighted by atomic mass is 10.2. The molecule has 0 aliphatic carbocycles. The van der Waals surface area contributed by atoms with Gasteiger partial charge in [0.25, 0.3) is 0 Å². The van der Waals surface area contributed by atoms with Gasteiger partial charge in [0.15, 0.2) is 0 Å². The van der Waals surface area contributed by atoms with E-state index in [0.717, 1.165) is 19.3 Å². The second-order valence-electron chi connectivity index (χ2n) is 5.30. The van der Waals surface area contributed by atoms with Gasteiger partial charge < -0.3 is 4.52 Å². The minimum atomic E-state index is -4.68. The molecule has 2 heterocycles. The number of rotatable bonds is 2. The SMILES string of the molecule is O=S1(=Nc2cccc(-c3noc(C(F)(F)F)n3)c2)CCCCC1. The molecular formula is C14H14F3N3O2S. The van der Waals surface area contributed by atoms with Crippen molar-refractivity contribution in [2.75, 3.05) is 11.5 Å². The highest BCUT2D eigenvalue weighted by atomic mass is 32.2. The minimum Gasteiger partial charge on any atom is -0.329 e. The second kappa shape index (κ2) is 5.95. The van der Waals surface area contributed by atoms with E-state index in [2.05, 4.69) is 19.0 Å². The van der Waals surface area contributed by atoms with E-state index in [9.17, 15) is 17.4 Å². The van der Waals surface area contributed by atoms with Gasteiger partial charge in [-0.05, 0) is 25.0 Å². The summed E-state index contributed by atoms with van der Waals surface area (Å²) in [4.78, 5) is 3.34. The van der Waals surface area contributed by atoms with E-state index in [1.807, 2.05) is 0 Å². The van der Waals surface area contributed by atoms with Gasteiger partial charge >= 0.3 is 12.1 Å². The van der Waals surface area contributed by atoms with E-state index in [1.54, 1.807) is 18.2 Å². The molecule has 124 valence electrons. The Morgan fingerprint density at radius 3 is 2.57 bits per heavy atom. The Kier molecular flexibility index (Phi) is 4.13. The van der Waals surface area contributed by atoms with Crippen LogP contribution in [-0.2, 0) is 15.9 Å². The zero-order chi connectivity index (χ0) is 16.5. The average Bonchev–Trinajstić information content (AvgIpc) is 2.98. The number of alkyl halides is 3. The summed E-state index contributed by atoms with van der Waals surface area (Å²) in [5.74, 6) is -0.462. The van der Waals surface area contributed by atoms with Crippen molar-refractivity contribution >= 4 is 15.4 Å². The van der Waals surface area contributed by atoms with E-state index in [1.165, 1.54) is 6.07 Å². The molecule has 2 aromatic rings. The third-order valence-corrected chi connectivity index (χ3v) is 5.87. The van der Waals surface area contributed by atoms with Gasteiger partial charge in [-0.15, -0.1) is 0 Å². The van der Waals surface area contributed by atoms with Crippen LogP contribution in [0.15, 0.2) is 33.2 Å². The molecule has 1 aromatic heterocycles. The van der Waals surface area contributed by atoms with Gasteiger partial charge in [-0.2, -0.15) is 22.5 Å². The van der Waals surface area contributed by atoms with Gasteiger partial charge in [-0.1, -0.05) is 23.7 Å². The zero-order valence-corrected chi connectivity index (χ0v) is 12.9. The summed E-state index contributed by atoms with van der Waals surface area (Å²) in [5.41, 5.74) is 0.789. The molecule has 0 amide bonds. The fraction of sp³-hybridized carbons (Fsp3) is 0.429. The fourth-order valence-corrected chi connectivity index (χ4v) is 4.57. The first-order chi connectivity index (χ1) is 10.9. The molecule has 0 spiro atoms. The number of hydrogen-bond acceptors (Lipinski definition) is 5. The average molecular weight is 345 g/mol. The van der Waals surface area contributed by atoms with Crippen molar-refractivity contribution in [1.82, 2.24) is 10.1 Å². The minimum absolute atomic E-state index is 0.173. The summed E-state index contributed by atoms with van der Waals surface area (Å²) in [6.45, 7) is 0. The van der Waals surface area contributed by atoms with Crippen LogP contribution in [-0.4, -0.2) is 25.9 Å². The van der Waals surface area contributed by atoms with Crippen LogP contribution < -0.4 is 0 Å². The van der Waals surface area contributed by atoms with Gasteiger partial charge in [-0.25, -0.2) is 4.21 Å². The Morgan fingerprint density at radius 1 is 1.17 bits per heavy atom. The predicted molar refractivity (Wildman–Crippen MR) is 78.6 cm³/mol. The summed E-state index contributed by atoms with van der Waals surface area (Å²) in [6, 6.07) is 6.35. The van der Waals surface area contributed by atoms with Crippen molar-refractivity contribution in [3.05, 3.63) is 30.2 Å². The molecule has 0 radical (unpaired) electrons. The van der Waals surface area contributed by atoms with Crippen molar-refractivity contribution < 1.29 is 21.9 Å². The highest BCUT2D eigenvalue weighted by molar-refractivity contribution is 7.93. The Bertz CT molecular complexity index is 811. The van der Waals surface area contributed by atoms with Crippen LogP contribution in [0.2, 0.25) is 0 Å². The van der Waals surface area contributed by atoms with E-state index >= 15 is 0 Å². The summed E-state index contributed by atoms with van der Waals surface area (Å²) >= 11 is 0. The van der Waals surface area contributed by atoms with Crippen LogP contribution in [0.25, 0.3) is 11.4 Å². The molecule has 1 aliphatic rings. The number of nitrogens with zero attached hydrogens (tertiary/aromatic N) is 3. The van der Waals surface area contributed by atoms with E-state index in [4.69, 9.17) is 0 Å². The van der Waals surface area contributed by atoms with Crippen LogP contribution in [0.4, 0.5) is 18.9 Å². The van der Waals surface area contributed by atoms with Gasteiger partial charge in [0.05, 0.1) is 15.4 Å². The normalized spacial score (nSPS) is 17.9. The Labute approximate surface area is 131 Å². The van der Waals surface area contributed by atoms with Crippen molar-refractivity contribution in [3.8, 4) is 11.4 Å². The lowest BCUT2D eigenvalue weighted by Gasteiger charge is -2.15. The van der Waals surface area contributed by atoms with Crippen LogP contribution in [0, 0.1) is 0 Å². The molecule has 1 aromatic carbocycles. The number of hydrogen-bond donors (Lipinski definition) is 0. The smallest absolute Gasteiger partial charge is 0.329 e. The Hall–Kier alpha value is -1.90.